The second-order valence-electron chi connectivity index (χ2n) is 2.07. The fourth-order valence-electron chi connectivity index (χ4n) is 0.400. The first-order valence-corrected chi connectivity index (χ1v) is 2.85. The first-order valence-electron chi connectivity index (χ1n) is 2.44. The Labute approximate surface area is 56.1 Å². The Morgan fingerprint density at radius 1 is 1.00 bits per heavy atom. The lowest BCUT2D eigenvalue weighted by molar-refractivity contribution is 0.501. The highest BCUT2D eigenvalue weighted by molar-refractivity contribution is 7.80. The summed E-state index contributed by atoms with van der Waals surface area (Å²) in [6.45, 7) is 0. The van der Waals surface area contributed by atoms with Crippen molar-refractivity contribution in [3.05, 3.63) is 0 Å². The average molecular weight is 132 g/mol. The maximum atomic E-state index is 4.95. The minimum Gasteiger partial charge on any atom is -0.355 e. The molecule has 0 aliphatic heterocycles. The molecular weight excluding hydrogens is 120 g/mol. The molecule has 8 heavy (non-hydrogen) atoms. The highest BCUT2D eigenvalue weighted by Crippen LogP contribution is 1.84. The van der Waals surface area contributed by atoms with Gasteiger partial charge < -0.3 is 9.80 Å². The topological polar surface area (TPSA) is 6.48 Å². The third-order valence-corrected chi connectivity index (χ3v) is 1.50. The van der Waals surface area contributed by atoms with Gasteiger partial charge in [0.25, 0.3) is 0 Å². The van der Waals surface area contributed by atoms with E-state index in [1.165, 1.54) is 0 Å². The molecule has 0 fully saturated rings. The Morgan fingerprint density at radius 2 is 1.25 bits per heavy atom. The molecular formula is C5H12N2S. The lowest BCUT2D eigenvalue weighted by Gasteiger charge is -2.20. The molecule has 0 aliphatic carbocycles. The number of thiocarbonyl (C=S) groups is 1. The fraction of sp³-hybridized carbons (Fsp3) is 0.800. The van der Waals surface area contributed by atoms with Gasteiger partial charge in [-0.15, -0.1) is 0 Å². The van der Waals surface area contributed by atoms with Crippen LogP contribution in [0.5, 0.6) is 0 Å². The van der Waals surface area contributed by atoms with Crippen molar-refractivity contribution in [3.8, 4) is 0 Å². The van der Waals surface area contributed by atoms with Crippen molar-refractivity contribution in [2.24, 2.45) is 0 Å². The van der Waals surface area contributed by atoms with E-state index in [2.05, 4.69) is 0 Å². The quantitative estimate of drug-likeness (QED) is 0.440. The molecule has 0 bridgehead atoms. The maximum absolute atomic E-state index is 4.95. The van der Waals surface area contributed by atoms with E-state index in [0.717, 1.165) is 5.11 Å². The molecule has 0 saturated heterocycles. The number of nitrogens with zero attached hydrogens (tertiary/aromatic N) is 2. The second kappa shape index (κ2) is 2.87. The zero-order chi connectivity index (χ0) is 6.73. The Bertz CT molecular complexity index is 78.4. The van der Waals surface area contributed by atoms with E-state index in [9.17, 15) is 0 Å². The van der Waals surface area contributed by atoms with Crippen LogP contribution in [0.2, 0.25) is 0 Å². The van der Waals surface area contributed by atoms with Gasteiger partial charge >= 0.3 is 0 Å². The summed E-state index contributed by atoms with van der Waals surface area (Å²) in [6.07, 6.45) is 0. The lowest BCUT2D eigenvalue weighted by Crippen LogP contribution is -2.32. The van der Waals surface area contributed by atoms with Crippen molar-refractivity contribution >= 4 is 17.3 Å². The second-order valence-corrected chi connectivity index (χ2v) is 2.44. The largest absolute Gasteiger partial charge is 0.355 e. The Balaban J connectivity index is 3.65. The summed E-state index contributed by atoms with van der Waals surface area (Å²) in [7, 11) is 7.73. The molecule has 0 heterocycles. The molecule has 3 heteroatoms. The third-order valence-electron chi connectivity index (χ3n) is 0.765. The first kappa shape index (κ1) is 7.69. The van der Waals surface area contributed by atoms with Crippen LogP contribution >= 0.6 is 12.2 Å². The van der Waals surface area contributed by atoms with Crippen LogP contribution in [0, 0.1) is 0 Å². The minimum atomic E-state index is 0.852. The van der Waals surface area contributed by atoms with Crippen molar-refractivity contribution in [3.63, 3.8) is 0 Å². The first-order chi connectivity index (χ1) is 3.55. The van der Waals surface area contributed by atoms with E-state index in [1.807, 2.05) is 38.0 Å². The number of rotatable bonds is 0. The molecule has 0 aromatic heterocycles. The molecule has 0 spiro atoms. The molecule has 48 valence electrons. The molecule has 0 aliphatic rings. The highest BCUT2D eigenvalue weighted by Gasteiger charge is 1.97. The SMILES string of the molecule is CN(C)C(=S)N(C)C. The summed E-state index contributed by atoms with van der Waals surface area (Å²) in [5.74, 6) is 0. The monoisotopic (exact) mass is 132 g/mol. The summed E-state index contributed by atoms with van der Waals surface area (Å²) >= 11 is 4.95. The van der Waals surface area contributed by atoms with Gasteiger partial charge in [0.15, 0.2) is 5.11 Å². The van der Waals surface area contributed by atoms with Gasteiger partial charge in [0.05, 0.1) is 0 Å². The van der Waals surface area contributed by atoms with Crippen molar-refractivity contribution in [2.45, 2.75) is 0 Å². The molecule has 0 saturated carbocycles. The van der Waals surface area contributed by atoms with Gasteiger partial charge in [0.1, 0.15) is 0 Å². The molecule has 0 unspecified atom stereocenters. The van der Waals surface area contributed by atoms with Gasteiger partial charge in [-0.1, -0.05) is 0 Å². The van der Waals surface area contributed by atoms with Crippen molar-refractivity contribution in [1.29, 1.82) is 0 Å². The summed E-state index contributed by atoms with van der Waals surface area (Å²) in [5.41, 5.74) is 0. The maximum Gasteiger partial charge on any atom is 0.170 e. The molecule has 0 atom stereocenters. The smallest absolute Gasteiger partial charge is 0.170 e. The van der Waals surface area contributed by atoms with E-state index in [-0.39, 0.29) is 0 Å². The van der Waals surface area contributed by atoms with Crippen LogP contribution in [0.15, 0.2) is 0 Å². The van der Waals surface area contributed by atoms with Crippen molar-refractivity contribution in [2.75, 3.05) is 28.2 Å². The third kappa shape index (κ3) is 2.12. The van der Waals surface area contributed by atoms with Crippen molar-refractivity contribution < 1.29 is 0 Å². The normalized spacial score (nSPS) is 8.50. The van der Waals surface area contributed by atoms with Crippen LogP contribution in [0.3, 0.4) is 0 Å². The molecule has 0 rings (SSSR count). The van der Waals surface area contributed by atoms with Gasteiger partial charge in [0.2, 0.25) is 0 Å². The number of hydrogen-bond donors (Lipinski definition) is 0. The molecule has 0 aromatic carbocycles. The minimum absolute atomic E-state index is 0.852. The molecule has 2 nitrogen and oxygen atoms in total. The van der Waals surface area contributed by atoms with E-state index >= 15 is 0 Å². The average Bonchev–Trinajstić information content (AvgIpc) is 1.64. The predicted octanol–water partition coefficient (Wildman–Crippen LogP) is 0.395. The summed E-state index contributed by atoms with van der Waals surface area (Å²) in [5, 5.41) is 0.852. The van der Waals surface area contributed by atoms with E-state index < -0.39 is 0 Å². The Morgan fingerprint density at radius 3 is 1.25 bits per heavy atom. The summed E-state index contributed by atoms with van der Waals surface area (Å²) in [4.78, 5) is 3.80. The zero-order valence-electron chi connectivity index (χ0n) is 5.80. The fourth-order valence-corrected chi connectivity index (χ4v) is 0.400. The zero-order valence-corrected chi connectivity index (χ0v) is 6.62. The molecule has 0 N–H and O–H groups in total. The van der Waals surface area contributed by atoms with Crippen LogP contribution in [-0.4, -0.2) is 43.1 Å². The van der Waals surface area contributed by atoms with E-state index in [1.54, 1.807) is 0 Å². The molecule has 0 aromatic rings. The predicted molar refractivity (Wildman–Crippen MR) is 40.0 cm³/mol. The van der Waals surface area contributed by atoms with Gasteiger partial charge in [-0.25, -0.2) is 0 Å². The van der Waals surface area contributed by atoms with Gasteiger partial charge in [0, 0.05) is 28.2 Å². The van der Waals surface area contributed by atoms with E-state index in [4.69, 9.17) is 12.2 Å². The molecule has 0 radical (unpaired) electrons. The van der Waals surface area contributed by atoms with Gasteiger partial charge in [-0.05, 0) is 12.2 Å². The number of hydrogen-bond acceptors (Lipinski definition) is 1. The van der Waals surface area contributed by atoms with Crippen LogP contribution in [-0.2, 0) is 0 Å². The van der Waals surface area contributed by atoms with Crippen LogP contribution < -0.4 is 0 Å². The van der Waals surface area contributed by atoms with Crippen LogP contribution in [0.25, 0.3) is 0 Å². The van der Waals surface area contributed by atoms with Gasteiger partial charge in [-0.2, -0.15) is 0 Å². The Kier molecular flexibility index (Phi) is 2.76. The van der Waals surface area contributed by atoms with E-state index in [0.29, 0.717) is 0 Å². The highest BCUT2D eigenvalue weighted by atomic mass is 32.1. The summed E-state index contributed by atoms with van der Waals surface area (Å²) < 4.78 is 0. The van der Waals surface area contributed by atoms with Gasteiger partial charge in [-0.3, -0.25) is 0 Å². The standard InChI is InChI=1S/C5H12N2S/c1-6(2)5(8)7(3)4/h1-4H3. The molecule has 0 amide bonds. The van der Waals surface area contributed by atoms with Crippen LogP contribution in [0.4, 0.5) is 0 Å². The van der Waals surface area contributed by atoms with Crippen molar-refractivity contribution in [1.82, 2.24) is 9.80 Å². The van der Waals surface area contributed by atoms with Crippen LogP contribution in [0.1, 0.15) is 0 Å². The Hall–Kier alpha value is -0.310. The lowest BCUT2D eigenvalue weighted by atomic mass is 10.8. The summed E-state index contributed by atoms with van der Waals surface area (Å²) in [6, 6.07) is 0.